The molecule has 1 aromatic heterocycles. The summed E-state index contributed by atoms with van der Waals surface area (Å²) in [4.78, 5) is 25.2. The van der Waals surface area contributed by atoms with Gasteiger partial charge in [0.2, 0.25) is 5.91 Å². The smallest absolute Gasteiger partial charge is 0.308 e. The number of carbonyl (C=O) groups is 2. The minimum absolute atomic E-state index is 0. The van der Waals surface area contributed by atoms with E-state index >= 15 is 0 Å². The highest BCUT2D eigenvalue weighted by Crippen LogP contribution is 2.20. The van der Waals surface area contributed by atoms with Gasteiger partial charge in [0, 0.05) is 25.2 Å². The maximum absolute atomic E-state index is 12.4. The number of hydrogen-bond acceptors (Lipinski definition) is 3. The molecule has 1 atom stereocenters. The second kappa shape index (κ2) is 9.24. The molecule has 6 nitrogen and oxygen atoms in total. The van der Waals surface area contributed by atoms with Crippen molar-refractivity contribution in [3.63, 3.8) is 0 Å². The summed E-state index contributed by atoms with van der Waals surface area (Å²) in [6, 6.07) is 8.42. The Morgan fingerprint density at radius 3 is 2.46 bits per heavy atom. The van der Waals surface area contributed by atoms with Gasteiger partial charge in [-0.25, -0.2) is 0 Å². The zero-order valence-electron chi connectivity index (χ0n) is 16.6. The number of carboxylic acids is 1. The van der Waals surface area contributed by atoms with E-state index in [2.05, 4.69) is 36.3 Å². The molecule has 1 amide bonds. The van der Waals surface area contributed by atoms with E-state index in [0.29, 0.717) is 38.9 Å². The lowest BCUT2D eigenvalue weighted by molar-refractivity contribution is -0.141. The lowest BCUT2D eigenvalue weighted by Gasteiger charge is -2.15. The monoisotopic (exact) mass is 405 g/mol. The summed E-state index contributed by atoms with van der Waals surface area (Å²) in [6.07, 6.45) is 1.58. The van der Waals surface area contributed by atoms with Gasteiger partial charge in [-0.15, -0.1) is 12.4 Å². The quantitative estimate of drug-likeness (QED) is 0.801. The maximum Gasteiger partial charge on any atom is 0.308 e. The normalized spacial score (nSPS) is 16.1. The first-order valence-corrected chi connectivity index (χ1v) is 9.44. The number of carbonyl (C=O) groups excluding carboxylic acids is 1. The van der Waals surface area contributed by atoms with Crippen molar-refractivity contribution in [1.82, 2.24) is 14.7 Å². The Labute approximate surface area is 171 Å². The molecule has 2 aromatic rings. The Morgan fingerprint density at radius 2 is 1.86 bits per heavy atom. The van der Waals surface area contributed by atoms with Crippen LogP contribution >= 0.6 is 12.4 Å². The molecule has 28 heavy (non-hydrogen) atoms. The van der Waals surface area contributed by atoms with E-state index in [1.54, 1.807) is 4.90 Å². The Kier molecular flexibility index (Phi) is 7.24. The first-order valence-electron chi connectivity index (χ1n) is 9.44. The van der Waals surface area contributed by atoms with Crippen LogP contribution in [-0.4, -0.2) is 44.8 Å². The molecule has 0 saturated carbocycles. The molecule has 1 aliphatic heterocycles. The number of aryl methyl sites for hydroxylation is 2. The highest BCUT2D eigenvalue weighted by atomic mass is 35.5. The van der Waals surface area contributed by atoms with Crippen molar-refractivity contribution in [2.45, 2.75) is 46.6 Å². The molecule has 0 bridgehead atoms. The molecule has 2 heterocycles. The first kappa shape index (κ1) is 22.0. The third-order valence-electron chi connectivity index (χ3n) is 5.46. The van der Waals surface area contributed by atoms with Crippen LogP contribution in [-0.2, 0) is 22.6 Å². The molecule has 152 valence electrons. The Hall–Kier alpha value is -2.34. The van der Waals surface area contributed by atoms with Gasteiger partial charge >= 0.3 is 5.97 Å². The summed E-state index contributed by atoms with van der Waals surface area (Å²) in [6.45, 7) is 7.69. The van der Waals surface area contributed by atoms with Crippen LogP contribution in [0.2, 0.25) is 0 Å². The SMILES string of the molecule is Cc1ccc(Cn2nc(C)c(CCC(=O)N3CCC(C(=O)O)C3)c2C)cc1.Cl. The summed E-state index contributed by atoms with van der Waals surface area (Å²) in [5.41, 5.74) is 5.59. The fraction of sp³-hybridized carbons (Fsp3) is 0.476. The highest BCUT2D eigenvalue weighted by Gasteiger charge is 2.30. The van der Waals surface area contributed by atoms with Crippen LogP contribution in [0.15, 0.2) is 24.3 Å². The van der Waals surface area contributed by atoms with Gasteiger partial charge in [-0.2, -0.15) is 5.10 Å². The molecule has 3 rings (SSSR count). The highest BCUT2D eigenvalue weighted by molar-refractivity contribution is 5.85. The number of halogens is 1. The molecule has 1 saturated heterocycles. The lowest BCUT2D eigenvalue weighted by atomic mass is 10.1. The molecule has 1 N–H and O–H groups in total. The third-order valence-corrected chi connectivity index (χ3v) is 5.46. The second-order valence-electron chi connectivity index (χ2n) is 7.46. The fourth-order valence-corrected chi connectivity index (χ4v) is 3.69. The number of aliphatic carboxylic acids is 1. The van der Waals surface area contributed by atoms with Crippen molar-refractivity contribution in [3.8, 4) is 0 Å². The topological polar surface area (TPSA) is 75.4 Å². The van der Waals surface area contributed by atoms with Gasteiger partial charge < -0.3 is 10.0 Å². The molecule has 1 fully saturated rings. The number of aromatic nitrogens is 2. The van der Waals surface area contributed by atoms with Crippen molar-refractivity contribution in [2.24, 2.45) is 5.92 Å². The van der Waals surface area contributed by atoms with Gasteiger partial charge in [0.25, 0.3) is 0 Å². The van der Waals surface area contributed by atoms with Crippen LogP contribution in [0.5, 0.6) is 0 Å². The lowest BCUT2D eigenvalue weighted by Crippen LogP contribution is -2.30. The number of nitrogens with zero attached hydrogens (tertiary/aromatic N) is 3. The molecule has 0 spiro atoms. The average Bonchev–Trinajstić information content (AvgIpc) is 3.22. The van der Waals surface area contributed by atoms with E-state index in [-0.39, 0.29) is 18.3 Å². The van der Waals surface area contributed by atoms with Gasteiger partial charge in [-0.1, -0.05) is 29.8 Å². The Morgan fingerprint density at radius 1 is 1.18 bits per heavy atom. The number of hydrogen-bond donors (Lipinski definition) is 1. The van der Waals surface area contributed by atoms with E-state index in [0.717, 1.165) is 17.0 Å². The van der Waals surface area contributed by atoms with Gasteiger partial charge in [0.05, 0.1) is 18.2 Å². The van der Waals surface area contributed by atoms with E-state index < -0.39 is 11.9 Å². The predicted octanol–water partition coefficient (Wildman–Crippen LogP) is 3.14. The van der Waals surface area contributed by atoms with Crippen molar-refractivity contribution < 1.29 is 14.7 Å². The molecular formula is C21H28ClN3O3. The molecule has 7 heteroatoms. The van der Waals surface area contributed by atoms with E-state index in [1.165, 1.54) is 11.1 Å². The molecule has 0 radical (unpaired) electrons. The van der Waals surface area contributed by atoms with Crippen molar-refractivity contribution in [1.29, 1.82) is 0 Å². The zero-order chi connectivity index (χ0) is 19.6. The van der Waals surface area contributed by atoms with E-state index in [4.69, 9.17) is 5.11 Å². The summed E-state index contributed by atoms with van der Waals surface area (Å²) in [7, 11) is 0. The standard InChI is InChI=1S/C21H27N3O3.ClH/c1-14-4-6-17(7-5-14)12-24-16(3)19(15(2)22-24)8-9-20(25)23-11-10-18(13-23)21(26)27;/h4-7,18H,8-13H2,1-3H3,(H,26,27);1H. The van der Waals surface area contributed by atoms with Crippen LogP contribution in [0.1, 0.15) is 40.9 Å². The number of likely N-dealkylation sites (tertiary alicyclic amines) is 1. The van der Waals surface area contributed by atoms with Gasteiger partial charge in [0.15, 0.2) is 0 Å². The predicted molar refractivity (Wildman–Crippen MR) is 110 cm³/mol. The second-order valence-corrected chi connectivity index (χ2v) is 7.46. The van der Waals surface area contributed by atoms with E-state index in [9.17, 15) is 9.59 Å². The van der Waals surface area contributed by atoms with E-state index in [1.807, 2.05) is 18.5 Å². The van der Waals surface area contributed by atoms with Crippen LogP contribution < -0.4 is 0 Å². The Balaban J connectivity index is 0.00000280. The third kappa shape index (κ3) is 4.93. The largest absolute Gasteiger partial charge is 0.481 e. The van der Waals surface area contributed by atoms with Gasteiger partial charge in [-0.05, 0) is 44.7 Å². The molecule has 1 unspecified atom stereocenters. The van der Waals surface area contributed by atoms with Gasteiger partial charge in [0.1, 0.15) is 0 Å². The van der Waals surface area contributed by atoms with Crippen LogP contribution in [0.4, 0.5) is 0 Å². The van der Waals surface area contributed by atoms with Crippen LogP contribution in [0, 0.1) is 26.7 Å². The minimum atomic E-state index is -0.811. The van der Waals surface area contributed by atoms with Crippen LogP contribution in [0.3, 0.4) is 0 Å². The fourth-order valence-electron chi connectivity index (χ4n) is 3.69. The first-order chi connectivity index (χ1) is 12.8. The number of amides is 1. The van der Waals surface area contributed by atoms with Crippen molar-refractivity contribution >= 4 is 24.3 Å². The number of rotatable bonds is 6. The maximum atomic E-state index is 12.4. The summed E-state index contributed by atoms with van der Waals surface area (Å²) in [5.74, 6) is -1.20. The number of benzene rings is 1. The zero-order valence-corrected chi connectivity index (χ0v) is 17.5. The molecule has 0 aliphatic carbocycles. The summed E-state index contributed by atoms with van der Waals surface area (Å²) >= 11 is 0. The van der Waals surface area contributed by atoms with Crippen molar-refractivity contribution in [2.75, 3.05) is 13.1 Å². The van der Waals surface area contributed by atoms with Crippen LogP contribution in [0.25, 0.3) is 0 Å². The minimum Gasteiger partial charge on any atom is -0.481 e. The number of carboxylic acid groups (broad SMARTS) is 1. The average molecular weight is 406 g/mol. The molecule has 1 aromatic carbocycles. The summed E-state index contributed by atoms with van der Waals surface area (Å²) in [5, 5.41) is 13.7. The van der Waals surface area contributed by atoms with Crippen molar-refractivity contribution in [3.05, 3.63) is 52.3 Å². The molecule has 1 aliphatic rings. The van der Waals surface area contributed by atoms with Gasteiger partial charge in [-0.3, -0.25) is 14.3 Å². The Bertz CT molecular complexity index is 845. The summed E-state index contributed by atoms with van der Waals surface area (Å²) < 4.78 is 2.00. The molecular weight excluding hydrogens is 378 g/mol.